The number of carbonyl (C=O) groups is 1. The van der Waals surface area contributed by atoms with E-state index in [-0.39, 0.29) is 30.9 Å². The van der Waals surface area contributed by atoms with Gasteiger partial charge in [-0.15, -0.1) is 0 Å². The van der Waals surface area contributed by atoms with Crippen molar-refractivity contribution in [2.75, 3.05) is 13.6 Å². The minimum Gasteiger partial charge on any atom is -0.348 e. The maximum Gasteiger partial charge on any atom is 0.319 e. The molecule has 1 aromatic carbocycles. The van der Waals surface area contributed by atoms with Gasteiger partial charge in [0.05, 0.1) is 19.1 Å². The molecule has 0 radical (unpaired) electrons. The van der Waals surface area contributed by atoms with Crippen LogP contribution in [-0.2, 0) is 11.3 Å². The second kappa shape index (κ2) is 8.34. The quantitative estimate of drug-likeness (QED) is 0.775. The molecule has 8 heteroatoms. The van der Waals surface area contributed by atoms with Crippen LogP contribution in [0.1, 0.15) is 30.9 Å². The molecule has 0 saturated heterocycles. The predicted molar refractivity (Wildman–Crippen MR) is 90.5 cm³/mol. The molecule has 1 heterocycles. The lowest BCUT2D eigenvalue weighted by Gasteiger charge is -2.19. The number of likely N-dealkylation sites (N-methyl/N-ethyl adjacent to an activating group) is 1. The van der Waals surface area contributed by atoms with Crippen molar-refractivity contribution in [2.45, 2.75) is 26.1 Å². The summed E-state index contributed by atoms with van der Waals surface area (Å²) >= 11 is 3.37. The van der Waals surface area contributed by atoms with Gasteiger partial charge in [0.15, 0.2) is 0 Å². The first-order valence-corrected chi connectivity index (χ1v) is 8.19. The zero-order valence-electron chi connectivity index (χ0n) is 13.4. The van der Waals surface area contributed by atoms with Gasteiger partial charge in [-0.05, 0) is 31.7 Å². The molecule has 0 aliphatic heterocycles. The number of nitrogens with zero attached hydrogens (tertiary/aromatic N) is 3. The average molecular weight is 401 g/mol. The first kappa shape index (κ1) is 18.5. The van der Waals surface area contributed by atoms with Gasteiger partial charge in [-0.3, -0.25) is 14.3 Å². The zero-order chi connectivity index (χ0) is 17.7. The third kappa shape index (κ3) is 5.10. The minimum atomic E-state index is -2.64. The number of hydrogen-bond acceptors (Lipinski definition) is 3. The van der Waals surface area contributed by atoms with Crippen LogP contribution in [0.15, 0.2) is 41.1 Å². The standard InChI is InChI=1S/C16H19BrF2N4O/c1-11(12-3-5-13(17)6-4-12)21-15(24)10-22(2)9-14-20-7-8-23(14)16(18)19/h3-8,11,16H,9-10H2,1-2H3,(H,21,24). The van der Waals surface area contributed by atoms with Gasteiger partial charge >= 0.3 is 6.55 Å². The van der Waals surface area contributed by atoms with Crippen LogP contribution in [0.25, 0.3) is 0 Å². The highest BCUT2D eigenvalue weighted by atomic mass is 79.9. The molecule has 0 bridgehead atoms. The van der Waals surface area contributed by atoms with Crippen LogP contribution in [0.3, 0.4) is 0 Å². The van der Waals surface area contributed by atoms with Crippen LogP contribution in [0.5, 0.6) is 0 Å². The summed E-state index contributed by atoms with van der Waals surface area (Å²) in [5.74, 6) is 0.0457. The van der Waals surface area contributed by atoms with Gasteiger partial charge in [0.2, 0.25) is 5.91 Å². The molecule has 1 atom stereocenters. The molecule has 1 unspecified atom stereocenters. The Bertz CT molecular complexity index is 675. The molecule has 0 saturated carbocycles. The maximum absolute atomic E-state index is 12.8. The number of halogens is 3. The number of rotatable bonds is 7. The molecule has 2 rings (SSSR count). The van der Waals surface area contributed by atoms with Crippen molar-refractivity contribution < 1.29 is 13.6 Å². The third-order valence-electron chi connectivity index (χ3n) is 3.53. The Morgan fingerprint density at radius 1 is 1.38 bits per heavy atom. The van der Waals surface area contributed by atoms with Crippen LogP contribution < -0.4 is 5.32 Å². The van der Waals surface area contributed by atoms with Crippen LogP contribution in [0, 0.1) is 0 Å². The van der Waals surface area contributed by atoms with E-state index in [0.29, 0.717) is 0 Å². The number of aromatic nitrogens is 2. The second-order valence-corrected chi connectivity index (χ2v) is 6.46. The van der Waals surface area contributed by atoms with E-state index in [0.717, 1.165) is 14.6 Å². The van der Waals surface area contributed by atoms with E-state index in [1.807, 2.05) is 31.2 Å². The Labute approximate surface area is 147 Å². The van der Waals surface area contributed by atoms with Crippen LogP contribution in [0.2, 0.25) is 0 Å². The molecule has 1 N–H and O–H groups in total. The number of imidazole rings is 1. The summed E-state index contributed by atoms with van der Waals surface area (Å²) in [5.41, 5.74) is 0.988. The summed E-state index contributed by atoms with van der Waals surface area (Å²) in [5, 5.41) is 2.89. The topological polar surface area (TPSA) is 50.2 Å². The monoisotopic (exact) mass is 400 g/mol. The Balaban J connectivity index is 1.87. The molecule has 0 aliphatic carbocycles. The predicted octanol–water partition coefficient (Wildman–Crippen LogP) is 3.35. The molecule has 1 aromatic heterocycles. The van der Waals surface area contributed by atoms with Gasteiger partial charge in [0.25, 0.3) is 0 Å². The molecule has 0 fully saturated rings. The first-order valence-electron chi connectivity index (χ1n) is 7.40. The average Bonchev–Trinajstić information content (AvgIpc) is 2.95. The highest BCUT2D eigenvalue weighted by Gasteiger charge is 2.16. The Morgan fingerprint density at radius 2 is 2.04 bits per heavy atom. The van der Waals surface area contributed by atoms with Gasteiger partial charge in [0.1, 0.15) is 5.82 Å². The summed E-state index contributed by atoms with van der Waals surface area (Å²) in [6.45, 7) is -0.485. The lowest BCUT2D eigenvalue weighted by Crippen LogP contribution is -2.36. The van der Waals surface area contributed by atoms with E-state index in [1.165, 1.54) is 12.4 Å². The normalized spacial score (nSPS) is 12.6. The van der Waals surface area contributed by atoms with Crippen LogP contribution in [-0.4, -0.2) is 34.0 Å². The fraction of sp³-hybridized carbons (Fsp3) is 0.375. The van der Waals surface area contributed by atoms with Crippen LogP contribution >= 0.6 is 15.9 Å². The molecular formula is C16H19BrF2N4O. The van der Waals surface area contributed by atoms with Crippen molar-refractivity contribution in [1.29, 1.82) is 0 Å². The SMILES string of the molecule is CC(NC(=O)CN(C)Cc1nccn1C(F)F)c1ccc(Br)cc1. The fourth-order valence-corrected chi connectivity index (χ4v) is 2.57. The first-order chi connectivity index (χ1) is 11.4. The Morgan fingerprint density at radius 3 is 2.67 bits per heavy atom. The maximum atomic E-state index is 12.8. The van der Waals surface area contributed by atoms with Gasteiger partial charge < -0.3 is 5.32 Å². The van der Waals surface area contributed by atoms with E-state index in [9.17, 15) is 13.6 Å². The van der Waals surface area contributed by atoms with Crippen molar-refractivity contribution in [2.24, 2.45) is 0 Å². The highest BCUT2D eigenvalue weighted by molar-refractivity contribution is 9.10. The van der Waals surface area contributed by atoms with Crippen molar-refractivity contribution in [3.05, 3.63) is 52.5 Å². The molecule has 130 valence electrons. The van der Waals surface area contributed by atoms with Gasteiger partial charge in [-0.1, -0.05) is 28.1 Å². The number of alkyl halides is 2. The van der Waals surface area contributed by atoms with E-state index < -0.39 is 6.55 Å². The summed E-state index contributed by atoms with van der Waals surface area (Å²) < 4.78 is 27.3. The van der Waals surface area contributed by atoms with Crippen molar-refractivity contribution in [3.63, 3.8) is 0 Å². The van der Waals surface area contributed by atoms with E-state index in [2.05, 4.69) is 26.2 Å². The van der Waals surface area contributed by atoms with Crippen LogP contribution in [0.4, 0.5) is 8.78 Å². The summed E-state index contributed by atoms with van der Waals surface area (Å²) in [6, 6.07) is 7.54. The number of carbonyl (C=O) groups excluding carboxylic acids is 1. The molecule has 0 aliphatic rings. The molecule has 2 aromatic rings. The summed E-state index contributed by atoms with van der Waals surface area (Å²) in [7, 11) is 1.69. The minimum absolute atomic E-state index is 0.0942. The smallest absolute Gasteiger partial charge is 0.319 e. The van der Waals surface area contributed by atoms with E-state index >= 15 is 0 Å². The van der Waals surface area contributed by atoms with Crippen molar-refractivity contribution in [3.8, 4) is 0 Å². The fourth-order valence-electron chi connectivity index (χ4n) is 2.31. The summed E-state index contributed by atoms with van der Waals surface area (Å²) in [6.07, 6.45) is 2.55. The van der Waals surface area contributed by atoms with Gasteiger partial charge in [0, 0.05) is 16.9 Å². The van der Waals surface area contributed by atoms with E-state index in [4.69, 9.17) is 0 Å². The number of benzene rings is 1. The molecule has 5 nitrogen and oxygen atoms in total. The lowest BCUT2D eigenvalue weighted by molar-refractivity contribution is -0.122. The van der Waals surface area contributed by atoms with Gasteiger partial charge in [-0.25, -0.2) is 4.98 Å². The lowest BCUT2D eigenvalue weighted by atomic mass is 10.1. The number of amides is 1. The largest absolute Gasteiger partial charge is 0.348 e. The molecule has 24 heavy (non-hydrogen) atoms. The molecule has 1 amide bonds. The second-order valence-electron chi connectivity index (χ2n) is 5.54. The number of hydrogen-bond donors (Lipinski definition) is 1. The molecule has 0 spiro atoms. The third-order valence-corrected chi connectivity index (χ3v) is 4.06. The van der Waals surface area contributed by atoms with E-state index in [1.54, 1.807) is 11.9 Å². The summed E-state index contributed by atoms with van der Waals surface area (Å²) in [4.78, 5) is 17.7. The Kier molecular flexibility index (Phi) is 6.44. The number of nitrogens with one attached hydrogen (secondary N) is 1. The zero-order valence-corrected chi connectivity index (χ0v) is 15.0. The van der Waals surface area contributed by atoms with Crippen molar-refractivity contribution in [1.82, 2.24) is 19.8 Å². The van der Waals surface area contributed by atoms with Gasteiger partial charge in [-0.2, -0.15) is 8.78 Å². The Hall–Kier alpha value is -1.80. The molecular weight excluding hydrogens is 382 g/mol. The van der Waals surface area contributed by atoms with Crippen molar-refractivity contribution >= 4 is 21.8 Å². The highest BCUT2D eigenvalue weighted by Crippen LogP contribution is 2.16.